The Balaban J connectivity index is 1.88. The van der Waals surface area contributed by atoms with Crippen LogP contribution in [-0.4, -0.2) is 30.1 Å². The molecule has 1 saturated heterocycles. The SMILES string of the molecule is Nc1cc(Cl)c(NC(=O)CSC2CCOCC2)c(Cl)c1. The minimum absolute atomic E-state index is 0.116. The number of nitrogens with one attached hydrogen (secondary N) is 1. The average Bonchev–Trinajstić information content (AvgIpc) is 2.42. The van der Waals surface area contributed by atoms with Crippen molar-refractivity contribution in [2.45, 2.75) is 18.1 Å². The number of benzene rings is 1. The summed E-state index contributed by atoms with van der Waals surface area (Å²) < 4.78 is 5.28. The van der Waals surface area contributed by atoms with Gasteiger partial charge in [-0.05, 0) is 25.0 Å². The highest BCUT2D eigenvalue weighted by molar-refractivity contribution is 8.00. The van der Waals surface area contributed by atoms with Crippen LogP contribution in [-0.2, 0) is 9.53 Å². The first kappa shape index (κ1) is 15.8. The Morgan fingerprint density at radius 1 is 1.35 bits per heavy atom. The number of halogens is 2. The van der Waals surface area contributed by atoms with E-state index in [2.05, 4.69) is 5.32 Å². The Hall–Kier alpha value is -0.620. The number of carbonyl (C=O) groups excluding carboxylic acids is 1. The molecule has 1 aromatic rings. The van der Waals surface area contributed by atoms with Gasteiger partial charge in [-0.2, -0.15) is 0 Å². The van der Waals surface area contributed by atoms with Gasteiger partial charge in [-0.3, -0.25) is 4.79 Å². The van der Waals surface area contributed by atoms with Gasteiger partial charge in [-0.1, -0.05) is 23.2 Å². The van der Waals surface area contributed by atoms with Gasteiger partial charge in [-0.25, -0.2) is 0 Å². The van der Waals surface area contributed by atoms with Gasteiger partial charge in [-0.15, -0.1) is 11.8 Å². The molecule has 2 rings (SSSR count). The maximum atomic E-state index is 11.9. The van der Waals surface area contributed by atoms with Gasteiger partial charge < -0.3 is 15.8 Å². The number of hydrogen-bond acceptors (Lipinski definition) is 4. The molecule has 1 aliphatic rings. The van der Waals surface area contributed by atoms with E-state index in [1.165, 1.54) is 0 Å². The van der Waals surface area contributed by atoms with Crippen molar-refractivity contribution in [2.24, 2.45) is 0 Å². The lowest BCUT2D eigenvalue weighted by Crippen LogP contribution is -2.21. The molecular formula is C13H16Cl2N2O2S. The Bertz CT molecular complexity index is 470. The highest BCUT2D eigenvalue weighted by Gasteiger charge is 2.17. The van der Waals surface area contributed by atoms with Crippen LogP contribution in [0.4, 0.5) is 11.4 Å². The average molecular weight is 335 g/mol. The van der Waals surface area contributed by atoms with Crippen molar-refractivity contribution in [2.75, 3.05) is 30.0 Å². The van der Waals surface area contributed by atoms with Gasteiger partial charge in [0.25, 0.3) is 0 Å². The van der Waals surface area contributed by atoms with Crippen molar-refractivity contribution in [1.29, 1.82) is 0 Å². The highest BCUT2D eigenvalue weighted by Crippen LogP contribution is 2.33. The van der Waals surface area contributed by atoms with Crippen LogP contribution in [0.2, 0.25) is 10.0 Å². The van der Waals surface area contributed by atoms with E-state index in [1.54, 1.807) is 23.9 Å². The predicted octanol–water partition coefficient (Wildman–Crippen LogP) is 3.43. The fraction of sp³-hybridized carbons (Fsp3) is 0.462. The molecule has 0 atom stereocenters. The summed E-state index contributed by atoms with van der Waals surface area (Å²) in [6.07, 6.45) is 1.97. The lowest BCUT2D eigenvalue weighted by atomic mass is 10.2. The van der Waals surface area contributed by atoms with E-state index in [0.29, 0.717) is 32.4 Å². The molecule has 20 heavy (non-hydrogen) atoms. The summed E-state index contributed by atoms with van der Waals surface area (Å²) in [6.45, 7) is 1.55. The minimum atomic E-state index is -0.116. The van der Waals surface area contributed by atoms with E-state index >= 15 is 0 Å². The van der Waals surface area contributed by atoms with Gasteiger partial charge >= 0.3 is 0 Å². The van der Waals surface area contributed by atoms with E-state index in [4.69, 9.17) is 33.7 Å². The molecule has 3 N–H and O–H groups in total. The third kappa shape index (κ3) is 4.45. The summed E-state index contributed by atoms with van der Waals surface area (Å²) in [6, 6.07) is 3.13. The molecule has 1 fully saturated rings. The van der Waals surface area contributed by atoms with Crippen molar-refractivity contribution in [3.05, 3.63) is 22.2 Å². The van der Waals surface area contributed by atoms with Gasteiger partial charge in [0.1, 0.15) is 0 Å². The summed E-state index contributed by atoms with van der Waals surface area (Å²) in [5, 5.41) is 3.91. The fourth-order valence-corrected chi connectivity index (χ4v) is 3.51. The lowest BCUT2D eigenvalue weighted by molar-refractivity contribution is -0.113. The molecule has 0 bridgehead atoms. The number of hydrogen-bond donors (Lipinski definition) is 2. The van der Waals surface area contributed by atoms with E-state index in [0.717, 1.165) is 26.1 Å². The Morgan fingerprint density at radius 2 is 1.95 bits per heavy atom. The number of nitrogens with two attached hydrogens (primary N) is 1. The molecule has 0 unspecified atom stereocenters. The Morgan fingerprint density at radius 3 is 2.55 bits per heavy atom. The maximum Gasteiger partial charge on any atom is 0.234 e. The number of anilines is 2. The topological polar surface area (TPSA) is 64.3 Å². The maximum absolute atomic E-state index is 11.9. The normalized spacial score (nSPS) is 16.1. The van der Waals surface area contributed by atoms with Crippen molar-refractivity contribution >= 4 is 52.2 Å². The van der Waals surface area contributed by atoms with Crippen LogP contribution in [0.3, 0.4) is 0 Å². The van der Waals surface area contributed by atoms with Crippen LogP contribution < -0.4 is 11.1 Å². The Kier molecular flexibility index (Phi) is 5.84. The van der Waals surface area contributed by atoms with Gasteiger partial charge in [0.15, 0.2) is 0 Å². The van der Waals surface area contributed by atoms with E-state index in [-0.39, 0.29) is 5.91 Å². The predicted molar refractivity (Wildman–Crippen MR) is 85.8 cm³/mol. The molecule has 0 spiro atoms. The van der Waals surface area contributed by atoms with E-state index in [1.807, 2.05) is 0 Å². The molecule has 1 heterocycles. The molecule has 7 heteroatoms. The molecule has 1 amide bonds. The minimum Gasteiger partial charge on any atom is -0.399 e. The highest BCUT2D eigenvalue weighted by atomic mass is 35.5. The van der Waals surface area contributed by atoms with E-state index in [9.17, 15) is 4.79 Å². The van der Waals surface area contributed by atoms with Crippen LogP contribution in [0.5, 0.6) is 0 Å². The first-order valence-electron chi connectivity index (χ1n) is 6.30. The molecule has 110 valence electrons. The van der Waals surface area contributed by atoms with Crippen molar-refractivity contribution in [3.8, 4) is 0 Å². The lowest BCUT2D eigenvalue weighted by Gasteiger charge is -2.21. The van der Waals surface area contributed by atoms with Gasteiger partial charge in [0.05, 0.1) is 21.5 Å². The van der Waals surface area contributed by atoms with Crippen LogP contribution in [0.15, 0.2) is 12.1 Å². The third-order valence-electron chi connectivity index (χ3n) is 2.95. The molecule has 0 saturated carbocycles. The molecule has 1 aromatic carbocycles. The molecular weight excluding hydrogens is 319 g/mol. The van der Waals surface area contributed by atoms with Gasteiger partial charge in [0.2, 0.25) is 5.91 Å². The second kappa shape index (κ2) is 7.41. The molecule has 0 aromatic heterocycles. The number of rotatable bonds is 4. The number of carbonyl (C=O) groups is 1. The summed E-state index contributed by atoms with van der Waals surface area (Å²) in [5.41, 5.74) is 6.50. The van der Waals surface area contributed by atoms with Gasteiger partial charge in [0, 0.05) is 24.2 Å². The Labute approximate surface area is 132 Å². The zero-order chi connectivity index (χ0) is 14.5. The fourth-order valence-electron chi connectivity index (χ4n) is 1.92. The van der Waals surface area contributed by atoms with Crippen LogP contribution in [0.1, 0.15) is 12.8 Å². The van der Waals surface area contributed by atoms with Crippen LogP contribution >= 0.6 is 35.0 Å². The largest absolute Gasteiger partial charge is 0.399 e. The second-order valence-electron chi connectivity index (χ2n) is 4.53. The van der Waals surface area contributed by atoms with Crippen LogP contribution in [0, 0.1) is 0 Å². The quantitative estimate of drug-likeness (QED) is 0.828. The molecule has 1 aliphatic heterocycles. The summed E-state index contributed by atoms with van der Waals surface area (Å²) >= 11 is 13.7. The monoisotopic (exact) mass is 334 g/mol. The van der Waals surface area contributed by atoms with E-state index < -0.39 is 0 Å². The third-order valence-corrected chi connectivity index (χ3v) is 4.92. The zero-order valence-electron chi connectivity index (χ0n) is 10.8. The first-order valence-corrected chi connectivity index (χ1v) is 8.10. The summed E-state index contributed by atoms with van der Waals surface area (Å²) in [4.78, 5) is 11.9. The van der Waals surface area contributed by atoms with Crippen LogP contribution in [0.25, 0.3) is 0 Å². The number of amides is 1. The van der Waals surface area contributed by atoms with Crippen molar-refractivity contribution < 1.29 is 9.53 Å². The van der Waals surface area contributed by atoms with Crippen molar-refractivity contribution in [3.63, 3.8) is 0 Å². The number of thioether (sulfide) groups is 1. The zero-order valence-corrected chi connectivity index (χ0v) is 13.2. The molecule has 0 radical (unpaired) electrons. The second-order valence-corrected chi connectivity index (χ2v) is 6.63. The first-order chi connectivity index (χ1) is 9.56. The summed E-state index contributed by atoms with van der Waals surface area (Å²) in [7, 11) is 0. The number of ether oxygens (including phenoxy) is 1. The smallest absolute Gasteiger partial charge is 0.234 e. The standard InChI is InChI=1S/C13H16Cl2N2O2S/c14-10-5-8(16)6-11(15)13(10)17-12(18)7-20-9-1-3-19-4-2-9/h5-6,9H,1-4,7,16H2,(H,17,18). The van der Waals surface area contributed by atoms with Crippen molar-refractivity contribution in [1.82, 2.24) is 0 Å². The molecule has 4 nitrogen and oxygen atoms in total. The molecule has 0 aliphatic carbocycles. The number of nitrogen functional groups attached to an aromatic ring is 1. The summed E-state index contributed by atoms with van der Waals surface area (Å²) in [5.74, 6) is 0.261.